The lowest BCUT2D eigenvalue weighted by molar-refractivity contribution is 0.0696. The van der Waals surface area contributed by atoms with Crippen molar-refractivity contribution >= 4 is 11.8 Å². The molecule has 17 heavy (non-hydrogen) atoms. The maximum atomic E-state index is 13.7. The fraction of sp³-hybridized carbons (Fsp3) is 0.0909. The summed E-state index contributed by atoms with van der Waals surface area (Å²) in [7, 11) is 0. The molecule has 88 valence electrons. The predicted octanol–water partition coefficient (Wildman–Crippen LogP) is 1.80. The number of carbonyl (C=O) groups is 1. The van der Waals surface area contributed by atoms with Gasteiger partial charge in [-0.3, -0.25) is 5.10 Å². The van der Waals surface area contributed by atoms with Crippen molar-refractivity contribution in [2.45, 2.75) is 6.92 Å². The number of carboxylic acid groups (broad SMARTS) is 1. The molecule has 0 bridgehead atoms. The highest BCUT2D eigenvalue weighted by Crippen LogP contribution is 2.28. The number of benzene rings is 1. The summed E-state index contributed by atoms with van der Waals surface area (Å²) < 4.78 is 13.7. The number of nitrogens with two attached hydrogens (primary N) is 1. The van der Waals surface area contributed by atoms with Crippen molar-refractivity contribution in [2.75, 3.05) is 5.73 Å². The van der Waals surface area contributed by atoms with Crippen molar-refractivity contribution in [1.29, 1.82) is 0 Å². The Kier molecular flexibility index (Phi) is 2.55. The molecule has 0 fully saturated rings. The topological polar surface area (TPSA) is 92.0 Å². The third-order valence-electron chi connectivity index (χ3n) is 2.50. The predicted molar refractivity (Wildman–Crippen MR) is 60.1 cm³/mol. The molecular formula is C11H10FN3O2. The zero-order chi connectivity index (χ0) is 12.6. The monoisotopic (exact) mass is 235 g/mol. The van der Waals surface area contributed by atoms with Gasteiger partial charge in [-0.1, -0.05) is 0 Å². The van der Waals surface area contributed by atoms with E-state index < -0.39 is 11.8 Å². The summed E-state index contributed by atoms with van der Waals surface area (Å²) in [4.78, 5) is 11.0. The SMILES string of the molecule is Cc1cc(F)c(-c2cn[nH]c2N)cc1C(=O)O. The molecular weight excluding hydrogens is 225 g/mol. The third-order valence-corrected chi connectivity index (χ3v) is 2.50. The molecule has 0 amide bonds. The van der Waals surface area contributed by atoms with Gasteiger partial charge in [-0.25, -0.2) is 9.18 Å². The Labute approximate surface area is 96.1 Å². The molecule has 0 saturated heterocycles. The average molecular weight is 235 g/mol. The summed E-state index contributed by atoms with van der Waals surface area (Å²) in [5.41, 5.74) is 6.46. The van der Waals surface area contributed by atoms with Crippen molar-refractivity contribution in [3.05, 3.63) is 35.3 Å². The molecule has 1 aromatic carbocycles. The Hall–Kier alpha value is -2.37. The second-order valence-electron chi connectivity index (χ2n) is 3.65. The highest BCUT2D eigenvalue weighted by atomic mass is 19.1. The molecule has 0 radical (unpaired) electrons. The zero-order valence-corrected chi connectivity index (χ0v) is 8.99. The number of nitrogens with zero attached hydrogens (tertiary/aromatic N) is 1. The van der Waals surface area contributed by atoms with Crippen LogP contribution in [0.4, 0.5) is 10.2 Å². The first kappa shape index (κ1) is 11.1. The molecule has 6 heteroatoms. The molecule has 0 aliphatic heterocycles. The van der Waals surface area contributed by atoms with Gasteiger partial charge in [0.2, 0.25) is 0 Å². The van der Waals surface area contributed by atoms with Gasteiger partial charge in [0.1, 0.15) is 11.6 Å². The lowest BCUT2D eigenvalue weighted by Crippen LogP contribution is -2.02. The van der Waals surface area contributed by atoms with Gasteiger partial charge in [-0.2, -0.15) is 5.10 Å². The molecule has 0 atom stereocenters. The molecule has 0 aliphatic carbocycles. The largest absolute Gasteiger partial charge is 0.478 e. The minimum atomic E-state index is -1.11. The van der Waals surface area contributed by atoms with E-state index in [2.05, 4.69) is 10.2 Å². The highest BCUT2D eigenvalue weighted by Gasteiger charge is 2.16. The number of H-pyrrole nitrogens is 1. The van der Waals surface area contributed by atoms with E-state index in [0.717, 1.165) is 0 Å². The molecule has 1 aromatic heterocycles. The molecule has 2 aromatic rings. The number of anilines is 1. The van der Waals surface area contributed by atoms with Crippen LogP contribution in [0.1, 0.15) is 15.9 Å². The second kappa shape index (κ2) is 3.89. The van der Waals surface area contributed by atoms with Gasteiger partial charge in [0, 0.05) is 11.1 Å². The Morgan fingerprint density at radius 2 is 2.18 bits per heavy atom. The number of aryl methyl sites for hydroxylation is 1. The van der Waals surface area contributed by atoms with Gasteiger partial charge in [-0.05, 0) is 24.6 Å². The number of aromatic nitrogens is 2. The first-order chi connectivity index (χ1) is 8.00. The number of carboxylic acids is 1. The van der Waals surface area contributed by atoms with E-state index in [1.807, 2.05) is 0 Å². The summed E-state index contributed by atoms with van der Waals surface area (Å²) in [6, 6.07) is 2.43. The third kappa shape index (κ3) is 1.84. The molecule has 5 nitrogen and oxygen atoms in total. The van der Waals surface area contributed by atoms with Gasteiger partial charge < -0.3 is 10.8 Å². The number of hydrogen-bond acceptors (Lipinski definition) is 3. The summed E-state index contributed by atoms with van der Waals surface area (Å²) in [6.45, 7) is 1.54. The van der Waals surface area contributed by atoms with E-state index in [1.54, 1.807) is 0 Å². The Morgan fingerprint density at radius 3 is 2.71 bits per heavy atom. The van der Waals surface area contributed by atoms with E-state index in [9.17, 15) is 9.18 Å². The lowest BCUT2D eigenvalue weighted by atomic mass is 10.0. The number of rotatable bonds is 2. The molecule has 0 aliphatic rings. The number of nitrogens with one attached hydrogen (secondary N) is 1. The normalized spacial score (nSPS) is 10.5. The van der Waals surface area contributed by atoms with Gasteiger partial charge in [0.15, 0.2) is 0 Å². The van der Waals surface area contributed by atoms with Crippen LogP contribution in [0.25, 0.3) is 11.1 Å². The minimum Gasteiger partial charge on any atom is -0.478 e. The quantitative estimate of drug-likeness (QED) is 0.740. The van der Waals surface area contributed by atoms with E-state index in [4.69, 9.17) is 10.8 Å². The first-order valence-corrected chi connectivity index (χ1v) is 4.83. The molecule has 2 rings (SSSR count). The van der Waals surface area contributed by atoms with Crippen molar-refractivity contribution in [1.82, 2.24) is 10.2 Å². The van der Waals surface area contributed by atoms with Crippen LogP contribution >= 0.6 is 0 Å². The van der Waals surface area contributed by atoms with Crippen LogP contribution in [0.2, 0.25) is 0 Å². The fourth-order valence-corrected chi connectivity index (χ4v) is 1.62. The highest BCUT2D eigenvalue weighted by molar-refractivity contribution is 5.91. The van der Waals surface area contributed by atoms with Crippen LogP contribution in [0, 0.1) is 12.7 Å². The van der Waals surface area contributed by atoms with Crippen molar-refractivity contribution in [2.24, 2.45) is 0 Å². The number of halogens is 1. The standard InChI is InChI=1S/C11H10FN3O2/c1-5-2-9(12)7(3-6(5)11(16)17)8-4-14-15-10(8)13/h2-4H,1H3,(H,16,17)(H3,13,14,15). The van der Waals surface area contributed by atoms with Gasteiger partial charge in [0.05, 0.1) is 11.8 Å². The molecule has 0 saturated carbocycles. The molecule has 0 spiro atoms. The van der Waals surface area contributed by atoms with E-state index >= 15 is 0 Å². The molecule has 1 heterocycles. The summed E-state index contributed by atoms with van der Waals surface area (Å²) in [6.07, 6.45) is 1.36. The van der Waals surface area contributed by atoms with E-state index in [-0.39, 0.29) is 16.9 Å². The lowest BCUT2D eigenvalue weighted by Gasteiger charge is -2.06. The summed E-state index contributed by atoms with van der Waals surface area (Å²) in [5.74, 6) is -1.43. The zero-order valence-electron chi connectivity index (χ0n) is 8.99. The first-order valence-electron chi connectivity index (χ1n) is 4.83. The number of aromatic carboxylic acids is 1. The maximum absolute atomic E-state index is 13.7. The maximum Gasteiger partial charge on any atom is 0.335 e. The van der Waals surface area contributed by atoms with E-state index in [0.29, 0.717) is 11.1 Å². The van der Waals surface area contributed by atoms with Gasteiger partial charge in [-0.15, -0.1) is 0 Å². The summed E-state index contributed by atoms with van der Waals surface area (Å²) in [5, 5.41) is 15.1. The van der Waals surface area contributed by atoms with Crippen molar-refractivity contribution < 1.29 is 14.3 Å². The fourth-order valence-electron chi connectivity index (χ4n) is 1.62. The van der Waals surface area contributed by atoms with Crippen LogP contribution in [0.15, 0.2) is 18.3 Å². The van der Waals surface area contributed by atoms with Crippen LogP contribution < -0.4 is 5.73 Å². The Balaban J connectivity index is 2.67. The van der Waals surface area contributed by atoms with Crippen molar-refractivity contribution in [3.63, 3.8) is 0 Å². The summed E-state index contributed by atoms with van der Waals surface area (Å²) >= 11 is 0. The second-order valence-corrected chi connectivity index (χ2v) is 3.65. The van der Waals surface area contributed by atoms with Gasteiger partial charge in [0.25, 0.3) is 0 Å². The number of hydrogen-bond donors (Lipinski definition) is 3. The molecule has 0 unspecified atom stereocenters. The average Bonchev–Trinajstić information content (AvgIpc) is 2.64. The van der Waals surface area contributed by atoms with E-state index in [1.165, 1.54) is 25.3 Å². The number of nitrogen functional groups attached to an aromatic ring is 1. The van der Waals surface area contributed by atoms with Crippen LogP contribution in [-0.4, -0.2) is 21.3 Å². The molecule has 4 N–H and O–H groups in total. The Bertz CT molecular complexity index is 592. The Morgan fingerprint density at radius 1 is 1.47 bits per heavy atom. The van der Waals surface area contributed by atoms with Crippen LogP contribution in [-0.2, 0) is 0 Å². The minimum absolute atomic E-state index is 0.0435. The smallest absolute Gasteiger partial charge is 0.335 e. The number of aromatic amines is 1. The van der Waals surface area contributed by atoms with Crippen LogP contribution in [0.5, 0.6) is 0 Å². The van der Waals surface area contributed by atoms with Crippen LogP contribution in [0.3, 0.4) is 0 Å². The van der Waals surface area contributed by atoms with Crippen molar-refractivity contribution in [3.8, 4) is 11.1 Å². The van der Waals surface area contributed by atoms with Gasteiger partial charge >= 0.3 is 5.97 Å².